The minimum atomic E-state index is -1.73. The van der Waals surface area contributed by atoms with Crippen LogP contribution in [0.3, 0.4) is 0 Å². The van der Waals surface area contributed by atoms with Crippen LogP contribution >= 0.6 is 23.4 Å². The highest BCUT2D eigenvalue weighted by atomic mass is 35.5. The van der Waals surface area contributed by atoms with Gasteiger partial charge >= 0.3 is 5.97 Å². The Hall–Kier alpha value is -1.93. The predicted octanol–water partition coefficient (Wildman–Crippen LogP) is 5.41. The smallest absolute Gasteiger partial charge is 0.303 e. The summed E-state index contributed by atoms with van der Waals surface area (Å²) >= 11 is 7.21. The Morgan fingerprint density at radius 3 is 2.56 bits per heavy atom. The molecule has 2 aromatic rings. The molecule has 32 heavy (non-hydrogen) atoms. The molecule has 1 heterocycles. The van der Waals surface area contributed by atoms with Crippen molar-refractivity contribution in [2.45, 2.75) is 56.6 Å². The van der Waals surface area contributed by atoms with Crippen LogP contribution in [-0.4, -0.2) is 44.7 Å². The maximum Gasteiger partial charge on any atom is 0.303 e. The van der Waals surface area contributed by atoms with E-state index in [1.54, 1.807) is 0 Å². The first kappa shape index (κ1) is 24.7. The first-order chi connectivity index (χ1) is 15.2. The Kier molecular flexibility index (Phi) is 8.33. The minimum absolute atomic E-state index is 0.0196. The van der Waals surface area contributed by atoms with Gasteiger partial charge in [0.05, 0.1) is 17.8 Å². The Bertz CT molecular complexity index is 923. The molecule has 0 amide bonds. The topological polar surface area (TPSA) is 93.0 Å². The highest BCUT2D eigenvalue weighted by Crippen LogP contribution is 2.40. The van der Waals surface area contributed by atoms with E-state index in [2.05, 4.69) is 17.1 Å². The van der Waals surface area contributed by atoms with E-state index in [-0.39, 0.29) is 24.8 Å². The van der Waals surface area contributed by atoms with Gasteiger partial charge < -0.3 is 25.5 Å². The van der Waals surface area contributed by atoms with Crippen LogP contribution in [0, 0.1) is 0 Å². The standard InChI is InChI=1S/C24H31ClN2O4S/c1-3-16(14-23(28)29)17-5-10-22(21(13-17)26-19-8-6-18(25)7-9-19)27(4-2)20-11-12-32-24(30,31)15-20/h5-10,13,16,20,26,30-31H,3-4,11-12,14-15H2,1-2H3,(H,28,29). The Labute approximate surface area is 198 Å². The van der Waals surface area contributed by atoms with Crippen molar-refractivity contribution >= 4 is 46.4 Å². The zero-order chi connectivity index (χ0) is 23.3. The highest BCUT2D eigenvalue weighted by Gasteiger charge is 2.36. The minimum Gasteiger partial charge on any atom is -0.481 e. The van der Waals surface area contributed by atoms with Crippen LogP contribution in [0.15, 0.2) is 42.5 Å². The van der Waals surface area contributed by atoms with Crippen molar-refractivity contribution in [2.75, 3.05) is 22.5 Å². The first-order valence-electron chi connectivity index (χ1n) is 11.0. The zero-order valence-corrected chi connectivity index (χ0v) is 20.0. The molecular weight excluding hydrogens is 448 g/mol. The summed E-state index contributed by atoms with van der Waals surface area (Å²) in [4.78, 5) is 13.5. The van der Waals surface area contributed by atoms with Gasteiger partial charge in [0.2, 0.25) is 5.12 Å². The molecular formula is C24H31ClN2O4S. The van der Waals surface area contributed by atoms with Gasteiger partial charge in [-0.1, -0.05) is 36.4 Å². The predicted molar refractivity (Wildman–Crippen MR) is 132 cm³/mol. The quantitative estimate of drug-likeness (QED) is 0.358. The van der Waals surface area contributed by atoms with E-state index in [4.69, 9.17) is 11.6 Å². The second-order valence-corrected chi connectivity index (χ2v) is 9.92. The molecule has 6 nitrogen and oxygen atoms in total. The molecule has 0 spiro atoms. The summed E-state index contributed by atoms with van der Waals surface area (Å²) in [5, 5.41) is 32.1. The molecule has 174 valence electrons. The van der Waals surface area contributed by atoms with Gasteiger partial charge in [0.1, 0.15) is 0 Å². The lowest BCUT2D eigenvalue weighted by molar-refractivity contribution is -0.137. The van der Waals surface area contributed by atoms with Gasteiger partial charge in [0.15, 0.2) is 0 Å². The van der Waals surface area contributed by atoms with Gasteiger partial charge in [0.25, 0.3) is 0 Å². The number of hydrogen-bond acceptors (Lipinski definition) is 6. The van der Waals surface area contributed by atoms with E-state index in [1.807, 2.05) is 49.4 Å². The van der Waals surface area contributed by atoms with Crippen molar-refractivity contribution in [2.24, 2.45) is 0 Å². The van der Waals surface area contributed by atoms with E-state index in [9.17, 15) is 20.1 Å². The lowest BCUT2D eigenvalue weighted by atomic mass is 9.92. The van der Waals surface area contributed by atoms with Crippen LogP contribution in [0.4, 0.5) is 17.1 Å². The molecule has 3 rings (SSSR count). The molecule has 1 aliphatic heterocycles. The largest absolute Gasteiger partial charge is 0.481 e. The van der Waals surface area contributed by atoms with Crippen molar-refractivity contribution < 1.29 is 20.1 Å². The lowest BCUT2D eigenvalue weighted by Crippen LogP contribution is -2.45. The summed E-state index contributed by atoms with van der Waals surface area (Å²) in [7, 11) is 0. The molecule has 0 bridgehead atoms. The average molecular weight is 479 g/mol. The maximum absolute atomic E-state index is 11.4. The van der Waals surface area contributed by atoms with E-state index in [0.29, 0.717) is 17.3 Å². The number of hydrogen-bond donors (Lipinski definition) is 4. The Morgan fingerprint density at radius 1 is 1.25 bits per heavy atom. The summed E-state index contributed by atoms with van der Waals surface area (Å²) in [5.41, 5.74) is 3.64. The van der Waals surface area contributed by atoms with Gasteiger partial charge in [0, 0.05) is 35.5 Å². The molecule has 1 aliphatic rings. The summed E-state index contributed by atoms with van der Waals surface area (Å²) in [6.45, 7) is 4.75. The lowest BCUT2D eigenvalue weighted by Gasteiger charge is -2.40. The van der Waals surface area contributed by atoms with Crippen LogP contribution in [0.5, 0.6) is 0 Å². The number of benzene rings is 2. The van der Waals surface area contributed by atoms with E-state index < -0.39 is 11.1 Å². The van der Waals surface area contributed by atoms with Crippen LogP contribution in [0.1, 0.15) is 51.0 Å². The molecule has 2 aromatic carbocycles. The molecule has 0 aromatic heterocycles. The number of halogens is 1. The molecule has 2 atom stereocenters. The number of nitrogens with zero attached hydrogens (tertiary/aromatic N) is 1. The van der Waals surface area contributed by atoms with Crippen molar-refractivity contribution in [3.05, 3.63) is 53.1 Å². The van der Waals surface area contributed by atoms with Gasteiger partial charge in [-0.3, -0.25) is 4.79 Å². The van der Waals surface area contributed by atoms with Crippen molar-refractivity contribution in [1.29, 1.82) is 0 Å². The molecule has 2 unspecified atom stereocenters. The second-order valence-electron chi connectivity index (χ2n) is 8.14. The summed E-state index contributed by atoms with van der Waals surface area (Å²) in [6, 6.07) is 13.4. The Morgan fingerprint density at radius 2 is 1.97 bits per heavy atom. The summed E-state index contributed by atoms with van der Waals surface area (Å²) in [5.74, 6) is -0.232. The molecule has 8 heteroatoms. The number of carboxylic acids is 1. The molecule has 1 saturated heterocycles. The normalized spacial score (nSPS) is 18.7. The number of carbonyl (C=O) groups is 1. The molecule has 0 radical (unpaired) electrons. The van der Waals surface area contributed by atoms with Crippen LogP contribution < -0.4 is 10.2 Å². The highest BCUT2D eigenvalue weighted by molar-refractivity contribution is 8.00. The number of nitrogens with one attached hydrogen (secondary N) is 1. The Balaban J connectivity index is 2.00. The fourth-order valence-corrected chi connectivity index (χ4v) is 5.43. The number of anilines is 3. The van der Waals surface area contributed by atoms with E-state index in [0.717, 1.165) is 35.5 Å². The fraction of sp³-hybridized carbons (Fsp3) is 0.458. The van der Waals surface area contributed by atoms with Crippen LogP contribution in [0.25, 0.3) is 0 Å². The number of aliphatic carboxylic acids is 1. The van der Waals surface area contributed by atoms with Crippen molar-refractivity contribution in [3.63, 3.8) is 0 Å². The monoisotopic (exact) mass is 478 g/mol. The number of carboxylic acid groups (broad SMARTS) is 1. The number of thioether (sulfide) groups is 1. The van der Waals surface area contributed by atoms with E-state index >= 15 is 0 Å². The van der Waals surface area contributed by atoms with Crippen molar-refractivity contribution in [1.82, 2.24) is 0 Å². The van der Waals surface area contributed by atoms with Gasteiger partial charge in [-0.15, -0.1) is 0 Å². The van der Waals surface area contributed by atoms with Gasteiger partial charge in [-0.05, 0) is 67.6 Å². The average Bonchev–Trinajstić information content (AvgIpc) is 2.74. The third-order valence-electron chi connectivity index (χ3n) is 5.91. The van der Waals surface area contributed by atoms with Crippen LogP contribution in [-0.2, 0) is 4.79 Å². The first-order valence-corrected chi connectivity index (χ1v) is 12.3. The summed E-state index contributed by atoms with van der Waals surface area (Å²) < 4.78 is 0. The van der Waals surface area contributed by atoms with E-state index in [1.165, 1.54) is 11.8 Å². The second kappa shape index (κ2) is 10.8. The fourth-order valence-electron chi connectivity index (χ4n) is 4.27. The third kappa shape index (κ3) is 6.32. The molecule has 0 aliphatic carbocycles. The summed E-state index contributed by atoms with van der Waals surface area (Å²) in [6.07, 6.45) is 1.90. The molecule has 1 fully saturated rings. The molecule has 4 N–H and O–H groups in total. The third-order valence-corrected chi connectivity index (χ3v) is 7.23. The van der Waals surface area contributed by atoms with Gasteiger partial charge in [-0.2, -0.15) is 0 Å². The maximum atomic E-state index is 11.4. The zero-order valence-electron chi connectivity index (χ0n) is 18.4. The SMILES string of the molecule is CCC(CC(=O)O)c1ccc(N(CC)C2CCSC(O)(O)C2)c(Nc2ccc(Cl)cc2)c1. The van der Waals surface area contributed by atoms with Crippen molar-refractivity contribution in [3.8, 4) is 0 Å². The van der Waals surface area contributed by atoms with Crippen LogP contribution in [0.2, 0.25) is 5.02 Å². The van der Waals surface area contributed by atoms with Gasteiger partial charge in [-0.25, -0.2) is 0 Å². The number of rotatable bonds is 9. The molecule has 0 saturated carbocycles. The number of aliphatic hydroxyl groups is 2.